The number of piperidine rings is 1. The van der Waals surface area contributed by atoms with E-state index in [0.29, 0.717) is 6.04 Å². The fraction of sp³-hybridized carbons (Fsp3) is 0.615. The fourth-order valence-electron chi connectivity index (χ4n) is 3.40. The standard InChI is InChI=1S/C13H17N5/c1-2-11-14-15-12-5-6-13(16-18(11)12)17-8-9-3-4-10(17)7-9/h5-6,9-10H,2-4,7-8H2,1H3. The van der Waals surface area contributed by atoms with Gasteiger partial charge in [-0.05, 0) is 37.3 Å². The summed E-state index contributed by atoms with van der Waals surface area (Å²) in [6, 6.07) is 4.83. The molecule has 2 aromatic heterocycles. The van der Waals surface area contributed by atoms with Gasteiger partial charge in [0.25, 0.3) is 0 Å². The Kier molecular flexibility index (Phi) is 2.10. The minimum atomic E-state index is 0.710. The molecule has 1 saturated carbocycles. The molecule has 0 amide bonds. The van der Waals surface area contributed by atoms with Gasteiger partial charge in [-0.2, -0.15) is 4.52 Å². The summed E-state index contributed by atoms with van der Waals surface area (Å²) < 4.78 is 1.89. The third-order valence-corrected chi connectivity index (χ3v) is 4.33. The number of fused-ring (bicyclic) bond motifs is 3. The van der Waals surface area contributed by atoms with Crippen molar-refractivity contribution in [3.8, 4) is 0 Å². The monoisotopic (exact) mass is 243 g/mol. The topological polar surface area (TPSA) is 46.3 Å². The Labute approximate surface area is 106 Å². The van der Waals surface area contributed by atoms with Crippen molar-refractivity contribution in [3.05, 3.63) is 18.0 Å². The van der Waals surface area contributed by atoms with E-state index in [0.717, 1.165) is 29.6 Å². The van der Waals surface area contributed by atoms with E-state index in [2.05, 4.69) is 28.1 Å². The summed E-state index contributed by atoms with van der Waals surface area (Å²) >= 11 is 0. The van der Waals surface area contributed by atoms with E-state index in [9.17, 15) is 0 Å². The Bertz CT molecular complexity index is 590. The summed E-state index contributed by atoms with van der Waals surface area (Å²) in [5, 5.41) is 13.0. The van der Waals surface area contributed by atoms with Crippen LogP contribution in [0.25, 0.3) is 5.65 Å². The summed E-state index contributed by atoms with van der Waals surface area (Å²) in [6.45, 7) is 3.26. The Morgan fingerprint density at radius 2 is 2.22 bits per heavy atom. The zero-order valence-electron chi connectivity index (χ0n) is 10.6. The second-order valence-corrected chi connectivity index (χ2v) is 5.42. The number of rotatable bonds is 2. The van der Waals surface area contributed by atoms with Crippen molar-refractivity contribution in [1.29, 1.82) is 0 Å². The van der Waals surface area contributed by atoms with Crippen LogP contribution >= 0.6 is 0 Å². The Hall–Kier alpha value is -1.65. The zero-order chi connectivity index (χ0) is 12.1. The maximum Gasteiger partial charge on any atom is 0.178 e. The minimum Gasteiger partial charge on any atom is -0.352 e. The van der Waals surface area contributed by atoms with Gasteiger partial charge >= 0.3 is 0 Å². The summed E-state index contributed by atoms with van der Waals surface area (Å²) in [5.41, 5.74) is 0.847. The van der Waals surface area contributed by atoms with Crippen molar-refractivity contribution in [2.75, 3.05) is 11.4 Å². The molecule has 0 aromatic carbocycles. The van der Waals surface area contributed by atoms with Gasteiger partial charge in [0.05, 0.1) is 0 Å². The van der Waals surface area contributed by atoms with Gasteiger partial charge in [0.2, 0.25) is 0 Å². The molecule has 1 aliphatic heterocycles. The van der Waals surface area contributed by atoms with Crippen LogP contribution in [0, 0.1) is 5.92 Å². The molecule has 1 saturated heterocycles. The van der Waals surface area contributed by atoms with Gasteiger partial charge in [0.1, 0.15) is 5.82 Å². The van der Waals surface area contributed by atoms with Gasteiger partial charge < -0.3 is 4.90 Å². The molecular formula is C13H17N5. The summed E-state index contributed by atoms with van der Waals surface area (Å²) in [4.78, 5) is 2.47. The fourth-order valence-corrected chi connectivity index (χ4v) is 3.40. The normalized spacial score (nSPS) is 26.4. The van der Waals surface area contributed by atoms with E-state index in [1.165, 1.54) is 25.8 Å². The third kappa shape index (κ3) is 1.36. The first-order chi connectivity index (χ1) is 8.85. The number of aryl methyl sites for hydroxylation is 1. The lowest BCUT2D eigenvalue weighted by Gasteiger charge is -2.27. The lowest BCUT2D eigenvalue weighted by molar-refractivity contribution is 0.547. The molecule has 2 fully saturated rings. The van der Waals surface area contributed by atoms with Gasteiger partial charge in [0, 0.05) is 19.0 Å². The molecule has 1 aliphatic carbocycles. The van der Waals surface area contributed by atoms with Gasteiger partial charge in [0.15, 0.2) is 11.5 Å². The number of anilines is 1. The first-order valence-corrected chi connectivity index (χ1v) is 6.83. The summed E-state index contributed by atoms with van der Waals surface area (Å²) in [6.07, 6.45) is 4.94. The number of nitrogens with zero attached hydrogens (tertiary/aromatic N) is 5. The SMILES string of the molecule is CCc1nnc2ccc(N3CC4CCC3C4)nn12. The molecule has 3 heterocycles. The average Bonchev–Trinajstić information content (AvgIpc) is 3.12. The number of aromatic nitrogens is 4. The maximum atomic E-state index is 4.72. The van der Waals surface area contributed by atoms with Crippen molar-refractivity contribution in [2.24, 2.45) is 5.92 Å². The average molecular weight is 243 g/mol. The highest BCUT2D eigenvalue weighted by atomic mass is 15.4. The molecule has 0 N–H and O–H groups in total. The minimum absolute atomic E-state index is 0.710. The third-order valence-electron chi connectivity index (χ3n) is 4.33. The van der Waals surface area contributed by atoms with E-state index < -0.39 is 0 Å². The molecule has 2 atom stereocenters. The van der Waals surface area contributed by atoms with Gasteiger partial charge in [-0.1, -0.05) is 6.92 Å². The maximum absolute atomic E-state index is 4.72. The van der Waals surface area contributed by atoms with E-state index in [-0.39, 0.29) is 0 Å². The van der Waals surface area contributed by atoms with Crippen molar-refractivity contribution in [2.45, 2.75) is 38.6 Å². The lowest BCUT2D eigenvalue weighted by Crippen LogP contribution is -2.32. The molecule has 18 heavy (non-hydrogen) atoms. The van der Waals surface area contributed by atoms with Crippen molar-refractivity contribution in [1.82, 2.24) is 19.8 Å². The van der Waals surface area contributed by atoms with Crippen LogP contribution in [0.1, 0.15) is 32.0 Å². The molecule has 0 spiro atoms. The van der Waals surface area contributed by atoms with Crippen LogP contribution < -0.4 is 4.90 Å². The van der Waals surface area contributed by atoms with Crippen molar-refractivity contribution in [3.63, 3.8) is 0 Å². The van der Waals surface area contributed by atoms with Crippen LogP contribution in [0.3, 0.4) is 0 Å². The molecule has 2 bridgehead atoms. The molecule has 0 radical (unpaired) electrons. The Morgan fingerprint density at radius 3 is 2.94 bits per heavy atom. The molecule has 5 heteroatoms. The smallest absolute Gasteiger partial charge is 0.178 e. The van der Waals surface area contributed by atoms with Gasteiger partial charge in [-0.25, -0.2) is 0 Å². The van der Waals surface area contributed by atoms with Crippen LogP contribution in [0.5, 0.6) is 0 Å². The Balaban J connectivity index is 1.76. The highest BCUT2D eigenvalue weighted by Crippen LogP contribution is 2.39. The Morgan fingerprint density at radius 1 is 1.28 bits per heavy atom. The van der Waals surface area contributed by atoms with Crippen molar-refractivity contribution < 1.29 is 0 Å². The zero-order valence-corrected chi connectivity index (χ0v) is 10.6. The van der Waals surface area contributed by atoms with E-state index >= 15 is 0 Å². The first kappa shape index (κ1) is 10.3. The molecular weight excluding hydrogens is 226 g/mol. The number of hydrogen-bond acceptors (Lipinski definition) is 4. The van der Waals surface area contributed by atoms with E-state index in [4.69, 9.17) is 5.10 Å². The predicted octanol–water partition coefficient (Wildman–Crippen LogP) is 1.68. The predicted molar refractivity (Wildman–Crippen MR) is 68.6 cm³/mol. The highest BCUT2D eigenvalue weighted by Gasteiger charge is 2.38. The van der Waals surface area contributed by atoms with E-state index in [1.807, 2.05) is 10.6 Å². The van der Waals surface area contributed by atoms with Gasteiger partial charge in [-0.3, -0.25) is 0 Å². The van der Waals surface area contributed by atoms with Crippen molar-refractivity contribution >= 4 is 11.5 Å². The quantitative estimate of drug-likeness (QED) is 0.805. The molecule has 2 unspecified atom stereocenters. The van der Waals surface area contributed by atoms with Crippen LogP contribution in [-0.4, -0.2) is 32.4 Å². The number of hydrogen-bond donors (Lipinski definition) is 0. The van der Waals surface area contributed by atoms with Crippen LogP contribution in [-0.2, 0) is 6.42 Å². The highest BCUT2D eigenvalue weighted by molar-refractivity contribution is 5.47. The summed E-state index contributed by atoms with van der Waals surface area (Å²) in [5.74, 6) is 2.92. The molecule has 94 valence electrons. The molecule has 2 aromatic rings. The second-order valence-electron chi connectivity index (χ2n) is 5.42. The van der Waals surface area contributed by atoms with E-state index in [1.54, 1.807) is 0 Å². The van der Waals surface area contributed by atoms with Gasteiger partial charge in [-0.15, -0.1) is 15.3 Å². The summed E-state index contributed by atoms with van der Waals surface area (Å²) in [7, 11) is 0. The van der Waals surface area contributed by atoms with Crippen LogP contribution in [0.2, 0.25) is 0 Å². The molecule has 2 aliphatic rings. The molecule has 5 nitrogen and oxygen atoms in total. The van der Waals surface area contributed by atoms with Crippen LogP contribution in [0.15, 0.2) is 12.1 Å². The molecule has 4 rings (SSSR count). The second kappa shape index (κ2) is 3.67. The largest absolute Gasteiger partial charge is 0.352 e. The van der Waals surface area contributed by atoms with Crippen LogP contribution in [0.4, 0.5) is 5.82 Å². The lowest BCUT2D eigenvalue weighted by atomic mass is 10.1. The first-order valence-electron chi connectivity index (χ1n) is 6.83.